The van der Waals surface area contributed by atoms with Gasteiger partial charge in [0.15, 0.2) is 0 Å². The molecule has 0 aliphatic carbocycles. The minimum Gasteiger partial charge on any atom is -0.334 e. The fourth-order valence-corrected chi connectivity index (χ4v) is 5.29. The second kappa shape index (κ2) is 10.2. The predicted molar refractivity (Wildman–Crippen MR) is 114 cm³/mol. The fourth-order valence-electron chi connectivity index (χ4n) is 2.73. The number of thiophene rings is 1. The third kappa shape index (κ3) is 5.70. The van der Waals surface area contributed by atoms with E-state index >= 15 is 0 Å². The highest BCUT2D eigenvalue weighted by Crippen LogP contribution is 2.22. The van der Waals surface area contributed by atoms with E-state index in [0.717, 1.165) is 10.4 Å². The molecule has 1 heterocycles. The maximum absolute atomic E-state index is 12.5. The quantitative estimate of drug-likeness (QED) is 0.632. The SMILES string of the molecule is CCN(Cc1ccc(Cl)s1)C(=O)NCc1ccc(S(=O)(=O)N(CC)CC)cc1. The topological polar surface area (TPSA) is 69.7 Å². The third-order valence-corrected chi connectivity index (χ3v) is 7.63. The molecule has 2 rings (SSSR count). The van der Waals surface area contributed by atoms with Crippen LogP contribution in [0.3, 0.4) is 0 Å². The van der Waals surface area contributed by atoms with E-state index in [0.29, 0.717) is 37.1 Å². The molecular weight excluding hydrogens is 418 g/mol. The Kier molecular flexibility index (Phi) is 8.30. The Hall–Kier alpha value is -1.61. The number of nitrogens with one attached hydrogen (secondary N) is 1. The van der Waals surface area contributed by atoms with Crippen molar-refractivity contribution >= 4 is 39.0 Å². The Bertz CT molecular complexity index is 878. The van der Waals surface area contributed by atoms with Gasteiger partial charge in [-0.15, -0.1) is 11.3 Å². The zero-order chi connectivity index (χ0) is 20.7. The number of benzene rings is 1. The van der Waals surface area contributed by atoms with Gasteiger partial charge in [-0.1, -0.05) is 37.6 Å². The minimum absolute atomic E-state index is 0.174. The summed E-state index contributed by atoms with van der Waals surface area (Å²) < 4.78 is 27.1. The Morgan fingerprint density at radius 3 is 2.18 bits per heavy atom. The van der Waals surface area contributed by atoms with Gasteiger partial charge in [0.1, 0.15) is 0 Å². The van der Waals surface area contributed by atoms with Gasteiger partial charge in [-0.05, 0) is 36.8 Å². The number of nitrogens with zero attached hydrogens (tertiary/aromatic N) is 2. The van der Waals surface area contributed by atoms with Crippen LogP contribution in [0.1, 0.15) is 31.2 Å². The molecular formula is C19H26ClN3O3S2. The summed E-state index contributed by atoms with van der Waals surface area (Å²) in [6.07, 6.45) is 0. The normalized spacial score (nSPS) is 11.6. The number of amides is 2. The van der Waals surface area contributed by atoms with E-state index in [9.17, 15) is 13.2 Å². The summed E-state index contributed by atoms with van der Waals surface area (Å²) in [6, 6.07) is 10.2. The summed E-state index contributed by atoms with van der Waals surface area (Å²) in [5.74, 6) is 0. The Morgan fingerprint density at radius 1 is 1.04 bits per heavy atom. The van der Waals surface area contributed by atoms with Gasteiger partial charge in [-0.2, -0.15) is 4.31 Å². The van der Waals surface area contributed by atoms with Gasteiger partial charge in [0, 0.05) is 31.1 Å². The molecule has 0 radical (unpaired) electrons. The first kappa shape index (κ1) is 22.7. The van der Waals surface area contributed by atoms with Gasteiger partial charge in [-0.3, -0.25) is 0 Å². The molecule has 1 aromatic heterocycles. The van der Waals surface area contributed by atoms with Crippen molar-refractivity contribution in [2.75, 3.05) is 19.6 Å². The average Bonchev–Trinajstić information content (AvgIpc) is 3.10. The minimum atomic E-state index is -3.47. The van der Waals surface area contributed by atoms with Crippen molar-refractivity contribution in [2.45, 2.75) is 38.8 Å². The van der Waals surface area contributed by atoms with E-state index in [-0.39, 0.29) is 10.9 Å². The standard InChI is InChI=1S/C19H26ClN3O3S2/c1-4-22(14-16-9-12-18(20)27-16)19(24)21-13-15-7-10-17(11-8-15)28(25,26)23(5-2)6-3/h7-12H,4-6,13-14H2,1-3H3,(H,21,24). The molecule has 1 N–H and O–H groups in total. The number of urea groups is 1. The van der Waals surface area contributed by atoms with E-state index in [2.05, 4.69) is 5.32 Å². The Morgan fingerprint density at radius 2 is 1.68 bits per heavy atom. The molecule has 0 spiro atoms. The molecule has 0 saturated carbocycles. The van der Waals surface area contributed by atoms with E-state index in [1.54, 1.807) is 29.2 Å². The zero-order valence-electron chi connectivity index (χ0n) is 16.3. The summed E-state index contributed by atoms with van der Waals surface area (Å²) in [7, 11) is -3.47. The molecule has 2 aromatic rings. The molecule has 9 heteroatoms. The lowest BCUT2D eigenvalue weighted by Crippen LogP contribution is -2.38. The van der Waals surface area contributed by atoms with Gasteiger partial charge in [0.2, 0.25) is 10.0 Å². The van der Waals surface area contributed by atoms with Crippen LogP contribution < -0.4 is 5.32 Å². The summed E-state index contributed by atoms with van der Waals surface area (Å²) in [4.78, 5) is 15.4. The molecule has 2 amide bonds. The van der Waals surface area contributed by atoms with Crippen molar-refractivity contribution in [1.82, 2.24) is 14.5 Å². The zero-order valence-corrected chi connectivity index (χ0v) is 18.7. The molecule has 0 saturated heterocycles. The fraction of sp³-hybridized carbons (Fsp3) is 0.421. The van der Waals surface area contributed by atoms with Crippen LogP contribution in [0.4, 0.5) is 4.79 Å². The molecule has 6 nitrogen and oxygen atoms in total. The van der Waals surface area contributed by atoms with Crippen LogP contribution >= 0.6 is 22.9 Å². The molecule has 0 bridgehead atoms. The first-order valence-corrected chi connectivity index (χ1v) is 11.8. The number of rotatable bonds is 9. The van der Waals surface area contributed by atoms with Crippen molar-refractivity contribution in [1.29, 1.82) is 0 Å². The second-order valence-corrected chi connectivity index (χ2v) is 9.85. The van der Waals surface area contributed by atoms with E-state index < -0.39 is 10.0 Å². The molecule has 0 aliphatic rings. The molecule has 0 aliphatic heterocycles. The van der Waals surface area contributed by atoms with Crippen LogP contribution in [0.2, 0.25) is 4.34 Å². The molecule has 0 atom stereocenters. The lowest BCUT2D eigenvalue weighted by Gasteiger charge is -2.21. The van der Waals surface area contributed by atoms with Crippen molar-refractivity contribution in [3.63, 3.8) is 0 Å². The van der Waals surface area contributed by atoms with Crippen molar-refractivity contribution in [2.24, 2.45) is 0 Å². The molecule has 0 fully saturated rings. The van der Waals surface area contributed by atoms with Crippen LogP contribution in [0.5, 0.6) is 0 Å². The van der Waals surface area contributed by atoms with E-state index in [1.165, 1.54) is 15.6 Å². The smallest absolute Gasteiger partial charge is 0.317 e. The van der Waals surface area contributed by atoms with Gasteiger partial charge in [0.25, 0.3) is 0 Å². The first-order valence-electron chi connectivity index (χ1n) is 9.17. The lowest BCUT2D eigenvalue weighted by atomic mass is 10.2. The highest BCUT2D eigenvalue weighted by Gasteiger charge is 2.21. The molecule has 154 valence electrons. The van der Waals surface area contributed by atoms with Crippen molar-refractivity contribution in [3.05, 3.63) is 51.2 Å². The maximum Gasteiger partial charge on any atom is 0.317 e. The summed E-state index contributed by atoms with van der Waals surface area (Å²) in [5, 5.41) is 2.88. The highest BCUT2D eigenvalue weighted by atomic mass is 35.5. The second-order valence-electron chi connectivity index (χ2n) is 6.11. The van der Waals surface area contributed by atoms with E-state index in [4.69, 9.17) is 11.6 Å². The van der Waals surface area contributed by atoms with Crippen molar-refractivity contribution < 1.29 is 13.2 Å². The number of carbonyl (C=O) groups is 1. The Labute approximate surface area is 176 Å². The number of halogens is 1. The van der Waals surface area contributed by atoms with Crippen molar-refractivity contribution in [3.8, 4) is 0 Å². The van der Waals surface area contributed by atoms with Crippen LogP contribution in [0.15, 0.2) is 41.3 Å². The number of sulfonamides is 1. The lowest BCUT2D eigenvalue weighted by molar-refractivity contribution is 0.198. The number of carbonyl (C=O) groups excluding carboxylic acids is 1. The first-order chi connectivity index (χ1) is 13.3. The van der Waals surface area contributed by atoms with Crippen LogP contribution in [0, 0.1) is 0 Å². The number of hydrogen-bond acceptors (Lipinski definition) is 4. The van der Waals surface area contributed by atoms with Crippen LogP contribution in [-0.2, 0) is 23.1 Å². The Balaban J connectivity index is 1.97. The molecule has 0 unspecified atom stereocenters. The van der Waals surface area contributed by atoms with Gasteiger partial charge in [-0.25, -0.2) is 13.2 Å². The summed E-state index contributed by atoms with van der Waals surface area (Å²) in [5.41, 5.74) is 0.835. The van der Waals surface area contributed by atoms with Gasteiger partial charge < -0.3 is 10.2 Å². The van der Waals surface area contributed by atoms with Crippen LogP contribution in [0.25, 0.3) is 0 Å². The monoisotopic (exact) mass is 443 g/mol. The third-order valence-electron chi connectivity index (χ3n) is 4.35. The van der Waals surface area contributed by atoms with Gasteiger partial charge in [0.05, 0.1) is 15.8 Å². The highest BCUT2D eigenvalue weighted by molar-refractivity contribution is 7.89. The number of hydrogen-bond donors (Lipinski definition) is 1. The molecule has 1 aromatic carbocycles. The van der Waals surface area contributed by atoms with E-state index in [1.807, 2.05) is 32.9 Å². The predicted octanol–water partition coefficient (Wildman–Crippen LogP) is 4.16. The summed E-state index contributed by atoms with van der Waals surface area (Å²) in [6.45, 7) is 7.80. The molecule has 28 heavy (non-hydrogen) atoms. The average molecular weight is 444 g/mol. The maximum atomic E-state index is 12.5. The van der Waals surface area contributed by atoms with Gasteiger partial charge >= 0.3 is 6.03 Å². The van der Waals surface area contributed by atoms with Crippen LogP contribution in [-0.4, -0.2) is 43.3 Å². The summed E-state index contributed by atoms with van der Waals surface area (Å²) >= 11 is 7.40. The largest absolute Gasteiger partial charge is 0.334 e.